The molecule has 1 aliphatic rings. The summed E-state index contributed by atoms with van der Waals surface area (Å²) in [6.45, 7) is 1.40. The van der Waals surface area contributed by atoms with Crippen molar-refractivity contribution in [1.82, 2.24) is 4.90 Å². The maximum atomic E-state index is 11.7. The van der Waals surface area contributed by atoms with E-state index in [1.807, 2.05) is 25.2 Å². The third-order valence-electron chi connectivity index (χ3n) is 4.24. The quantitative estimate of drug-likeness (QED) is 0.883. The number of nitrogens with zero attached hydrogens (tertiary/aromatic N) is 1. The van der Waals surface area contributed by atoms with Crippen LogP contribution in [0.5, 0.6) is 0 Å². The van der Waals surface area contributed by atoms with Crippen LogP contribution >= 0.6 is 15.9 Å². The number of halogens is 1. The third kappa shape index (κ3) is 3.61. The Balaban J connectivity index is 2.04. The van der Waals surface area contributed by atoms with E-state index in [0.717, 1.165) is 36.7 Å². The van der Waals surface area contributed by atoms with E-state index in [9.17, 15) is 9.90 Å². The first-order valence-corrected chi connectivity index (χ1v) is 7.98. The van der Waals surface area contributed by atoms with Gasteiger partial charge in [-0.25, -0.2) is 0 Å². The smallest absolute Gasteiger partial charge is 0.310 e. The van der Waals surface area contributed by atoms with E-state index < -0.39 is 11.4 Å². The van der Waals surface area contributed by atoms with Gasteiger partial charge in [0.2, 0.25) is 0 Å². The van der Waals surface area contributed by atoms with Crippen LogP contribution in [0.3, 0.4) is 0 Å². The Hall–Kier alpha value is -0.870. The predicted octanol–water partition coefficient (Wildman–Crippen LogP) is 3.92. The molecule has 0 unspecified atom stereocenters. The molecule has 0 bridgehead atoms. The lowest BCUT2D eigenvalue weighted by Gasteiger charge is -2.36. The number of carboxylic acids is 1. The molecule has 1 saturated carbocycles. The molecule has 0 atom stereocenters. The highest BCUT2D eigenvalue weighted by Gasteiger charge is 2.40. The number of rotatable bonds is 5. The zero-order chi connectivity index (χ0) is 14.6. The van der Waals surface area contributed by atoms with Crippen LogP contribution in [0.25, 0.3) is 0 Å². The number of benzene rings is 1. The first-order chi connectivity index (χ1) is 9.53. The van der Waals surface area contributed by atoms with Crippen LogP contribution < -0.4 is 0 Å². The molecule has 4 heteroatoms. The molecule has 3 nitrogen and oxygen atoms in total. The van der Waals surface area contributed by atoms with E-state index in [1.54, 1.807) is 0 Å². The van der Waals surface area contributed by atoms with Crippen LogP contribution in [0.15, 0.2) is 28.7 Å². The van der Waals surface area contributed by atoms with Gasteiger partial charge in [-0.3, -0.25) is 4.79 Å². The minimum absolute atomic E-state index is 0.547. The van der Waals surface area contributed by atoms with Crippen LogP contribution in [0, 0.1) is 5.41 Å². The van der Waals surface area contributed by atoms with Crippen molar-refractivity contribution in [3.63, 3.8) is 0 Å². The second-order valence-electron chi connectivity index (χ2n) is 5.91. The lowest BCUT2D eigenvalue weighted by atomic mass is 9.73. The summed E-state index contributed by atoms with van der Waals surface area (Å²) in [6, 6.07) is 8.11. The largest absolute Gasteiger partial charge is 0.481 e. The summed E-state index contributed by atoms with van der Waals surface area (Å²) >= 11 is 3.55. The zero-order valence-electron chi connectivity index (χ0n) is 11.9. The van der Waals surface area contributed by atoms with Crippen LogP contribution in [-0.2, 0) is 11.3 Å². The van der Waals surface area contributed by atoms with Gasteiger partial charge < -0.3 is 10.0 Å². The SMILES string of the molecule is CN(Cc1ccccc1Br)CC1(C(=O)O)CCCCC1. The molecule has 20 heavy (non-hydrogen) atoms. The average Bonchev–Trinajstić information content (AvgIpc) is 2.42. The van der Waals surface area contributed by atoms with Gasteiger partial charge in [0.25, 0.3) is 0 Å². The molecular formula is C16H22BrNO2. The van der Waals surface area contributed by atoms with Crippen LogP contribution in [0.4, 0.5) is 0 Å². The summed E-state index contributed by atoms with van der Waals surface area (Å²) < 4.78 is 1.08. The molecule has 0 amide bonds. The average molecular weight is 340 g/mol. The summed E-state index contributed by atoms with van der Waals surface area (Å²) in [5.74, 6) is -0.629. The van der Waals surface area contributed by atoms with Crippen molar-refractivity contribution in [2.24, 2.45) is 5.41 Å². The fraction of sp³-hybridized carbons (Fsp3) is 0.562. The van der Waals surface area contributed by atoms with Gasteiger partial charge in [0.1, 0.15) is 0 Å². The topological polar surface area (TPSA) is 40.5 Å². The summed E-state index contributed by atoms with van der Waals surface area (Å²) in [5.41, 5.74) is 0.653. The fourth-order valence-electron chi connectivity index (χ4n) is 3.16. The Labute approximate surface area is 129 Å². The fourth-order valence-corrected chi connectivity index (χ4v) is 3.57. The maximum Gasteiger partial charge on any atom is 0.310 e. The molecule has 0 aliphatic heterocycles. The van der Waals surface area contributed by atoms with E-state index in [-0.39, 0.29) is 0 Å². The molecular weight excluding hydrogens is 318 g/mol. The van der Waals surface area contributed by atoms with Crippen molar-refractivity contribution in [3.05, 3.63) is 34.3 Å². The van der Waals surface area contributed by atoms with Gasteiger partial charge in [0, 0.05) is 17.6 Å². The maximum absolute atomic E-state index is 11.7. The molecule has 0 spiro atoms. The molecule has 1 aromatic carbocycles. The van der Waals surface area contributed by atoms with Crippen LogP contribution in [0.2, 0.25) is 0 Å². The lowest BCUT2D eigenvalue weighted by molar-refractivity contribution is -0.152. The van der Waals surface area contributed by atoms with Crippen molar-refractivity contribution in [1.29, 1.82) is 0 Å². The van der Waals surface area contributed by atoms with Crippen LogP contribution in [0.1, 0.15) is 37.7 Å². The highest BCUT2D eigenvalue weighted by Crippen LogP contribution is 2.37. The Morgan fingerprint density at radius 3 is 2.55 bits per heavy atom. The number of carboxylic acid groups (broad SMARTS) is 1. The molecule has 0 saturated heterocycles. The van der Waals surface area contributed by atoms with E-state index in [1.165, 1.54) is 12.0 Å². The minimum atomic E-state index is -0.629. The van der Waals surface area contributed by atoms with E-state index in [4.69, 9.17) is 0 Å². The summed E-state index contributed by atoms with van der Waals surface area (Å²) in [4.78, 5) is 13.8. The Bertz CT molecular complexity index is 469. The summed E-state index contributed by atoms with van der Waals surface area (Å²) in [6.07, 6.45) is 4.86. The van der Waals surface area contributed by atoms with Crippen molar-refractivity contribution < 1.29 is 9.90 Å². The molecule has 110 valence electrons. The van der Waals surface area contributed by atoms with Gasteiger partial charge in [-0.1, -0.05) is 53.4 Å². The third-order valence-corrected chi connectivity index (χ3v) is 5.01. The van der Waals surface area contributed by atoms with Crippen molar-refractivity contribution in [2.75, 3.05) is 13.6 Å². The summed E-state index contributed by atoms with van der Waals surface area (Å²) in [5, 5.41) is 9.62. The molecule has 2 rings (SSSR count). The monoisotopic (exact) mass is 339 g/mol. The molecule has 1 aromatic rings. The minimum Gasteiger partial charge on any atom is -0.481 e. The van der Waals surface area contributed by atoms with Gasteiger partial charge >= 0.3 is 5.97 Å². The first-order valence-electron chi connectivity index (χ1n) is 7.19. The van der Waals surface area contributed by atoms with Crippen molar-refractivity contribution in [3.8, 4) is 0 Å². The van der Waals surface area contributed by atoms with Gasteiger partial charge in [-0.05, 0) is 31.5 Å². The van der Waals surface area contributed by atoms with E-state index in [0.29, 0.717) is 6.54 Å². The van der Waals surface area contributed by atoms with Gasteiger partial charge in [0.05, 0.1) is 5.41 Å². The van der Waals surface area contributed by atoms with Crippen molar-refractivity contribution >= 4 is 21.9 Å². The van der Waals surface area contributed by atoms with Gasteiger partial charge in [0.15, 0.2) is 0 Å². The predicted molar refractivity (Wildman–Crippen MR) is 83.6 cm³/mol. The lowest BCUT2D eigenvalue weighted by Crippen LogP contribution is -2.43. The number of hydrogen-bond donors (Lipinski definition) is 1. The Kier molecular flexibility index (Phi) is 5.22. The summed E-state index contributed by atoms with van der Waals surface area (Å²) in [7, 11) is 2.01. The second kappa shape index (κ2) is 6.72. The first kappa shape index (κ1) is 15.5. The molecule has 0 heterocycles. The molecule has 1 fully saturated rings. The molecule has 1 aliphatic carbocycles. The second-order valence-corrected chi connectivity index (χ2v) is 6.76. The van der Waals surface area contributed by atoms with Crippen molar-refractivity contribution in [2.45, 2.75) is 38.6 Å². The molecule has 0 aromatic heterocycles. The Morgan fingerprint density at radius 1 is 1.30 bits per heavy atom. The highest BCUT2D eigenvalue weighted by molar-refractivity contribution is 9.10. The Morgan fingerprint density at radius 2 is 1.95 bits per heavy atom. The number of hydrogen-bond acceptors (Lipinski definition) is 2. The zero-order valence-corrected chi connectivity index (χ0v) is 13.5. The molecule has 1 N–H and O–H groups in total. The molecule has 0 radical (unpaired) electrons. The normalized spacial score (nSPS) is 18.1. The standard InChI is InChI=1S/C16H22BrNO2/c1-18(11-13-7-3-4-8-14(13)17)12-16(15(19)20)9-5-2-6-10-16/h3-4,7-8H,2,5-6,9-12H2,1H3,(H,19,20). The van der Waals surface area contributed by atoms with Gasteiger partial charge in [-0.2, -0.15) is 0 Å². The van der Waals surface area contributed by atoms with Crippen LogP contribution in [-0.4, -0.2) is 29.6 Å². The number of aliphatic carboxylic acids is 1. The van der Waals surface area contributed by atoms with E-state index >= 15 is 0 Å². The highest BCUT2D eigenvalue weighted by atomic mass is 79.9. The van der Waals surface area contributed by atoms with Gasteiger partial charge in [-0.15, -0.1) is 0 Å². The number of carbonyl (C=O) groups is 1. The van der Waals surface area contributed by atoms with E-state index in [2.05, 4.69) is 26.9 Å².